The van der Waals surface area contributed by atoms with Gasteiger partial charge in [-0.05, 0) is 55.8 Å². The van der Waals surface area contributed by atoms with Crippen LogP contribution < -0.4 is 10.5 Å². The lowest BCUT2D eigenvalue weighted by atomic mass is 10.1. The molecule has 3 N–H and O–H groups in total. The van der Waals surface area contributed by atoms with E-state index in [1.807, 2.05) is 31.2 Å². The van der Waals surface area contributed by atoms with Crippen LogP contribution in [-0.4, -0.2) is 35.3 Å². The second kappa shape index (κ2) is 9.89. The van der Waals surface area contributed by atoms with Gasteiger partial charge < -0.3 is 10.5 Å². The Morgan fingerprint density at radius 2 is 2.07 bits per heavy atom. The molecule has 0 fully saturated rings. The summed E-state index contributed by atoms with van der Waals surface area (Å²) < 4.78 is 19.7. The van der Waals surface area contributed by atoms with Gasteiger partial charge in [0.15, 0.2) is 0 Å². The maximum absolute atomic E-state index is 13.9. The first-order valence-electron chi connectivity index (χ1n) is 9.63. The van der Waals surface area contributed by atoms with Crippen molar-refractivity contribution < 1.29 is 9.13 Å². The van der Waals surface area contributed by atoms with Crippen LogP contribution >= 0.6 is 0 Å². The lowest BCUT2D eigenvalue weighted by Crippen LogP contribution is -2.17. The van der Waals surface area contributed by atoms with Gasteiger partial charge in [0.2, 0.25) is 0 Å². The van der Waals surface area contributed by atoms with Crippen LogP contribution in [0, 0.1) is 12.7 Å². The number of nitrogens with two attached hydrogens (primary N) is 1. The number of hydrogen-bond acceptors (Lipinski definition) is 4. The second-order valence-corrected chi connectivity index (χ2v) is 7.15. The third-order valence-electron chi connectivity index (χ3n) is 4.53. The van der Waals surface area contributed by atoms with Crippen molar-refractivity contribution in [1.82, 2.24) is 15.1 Å². The highest BCUT2D eigenvalue weighted by molar-refractivity contribution is 5.64. The number of nitrogens with zero attached hydrogens (tertiary/aromatic N) is 2. The van der Waals surface area contributed by atoms with Gasteiger partial charge in [-0.1, -0.05) is 24.3 Å². The summed E-state index contributed by atoms with van der Waals surface area (Å²) >= 11 is 0. The minimum absolute atomic E-state index is 0.329. The van der Waals surface area contributed by atoms with Gasteiger partial charge in [-0.15, -0.1) is 0 Å². The summed E-state index contributed by atoms with van der Waals surface area (Å²) in [6.07, 6.45) is 6.66. The molecule has 1 aromatic heterocycles. The van der Waals surface area contributed by atoms with Crippen molar-refractivity contribution >= 4 is 5.69 Å². The molecule has 0 radical (unpaired) electrons. The van der Waals surface area contributed by atoms with Crippen LogP contribution in [0.2, 0.25) is 0 Å². The zero-order valence-electron chi connectivity index (χ0n) is 16.9. The largest absolute Gasteiger partial charge is 0.493 e. The average Bonchev–Trinajstić information content (AvgIpc) is 3.10. The van der Waals surface area contributed by atoms with Crippen LogP contribution in [0.15, 0.2) is 60.8 Å². The molecule has 0 aliphatic heterocycles. The molecule has 0 atom stereocenters. The number of nitrogen functional groups attached to an aromatic ring is 1. The van der Waals surface area contributed by atoms with Gasteiger partial charge in [-0.25, -0.2) is 4.39 Å². The van der Waals surface area contributed by atoms with Gasteiger partial charge in [0.1, 0.15) is 11.6 Å². The predicted molar refractivity (Wildman–Crippen MR) is 115 cm³/mol. The van der Waals surface area contributed by atoms with E-state index in [-0.39, 0.29) is 5.82 Å². The molecule has 152 valence electrons. The number of nitrogens with one attached hydrogen (secondary N) is 1. The molecular formula is C23H27FN4O. The van der Waals surface area contributed by atoms with E-state index in [9.17, 15) is 4.39 Å². The zero-order valence-corrected chi connectivity index (χ0v) is 16.9. The van der Waals surface area contributed by atoms with E-state index in [1.54, 1.807) is 6.20 Å². The van der Waals surface area contributed by atoms with E-state index in [4.69, 9.17) is 10.5 Å². The van der Waals surface area contributed by atoms with E-state index in [0.29, 0.717) is 12.4 Å². The molecule has 5 nitrogen and oxygen atoms in total. The SMILES string of the molecule is Cc1cn[nH]c1-c1cc(F)cc(OCC/C=C/CN(C)Cc2cccc(N)c2)c1. The van der Waals surface area contributed by atoms with Crippen molar-refractivity contribution in [2.45, 2.75) is 19.9 Å². The number of likely N-dealkylation sites (N-methyl/N-ethyl adjacent to an activating group) is 1. The third-order valence-corrected chi connectivity index (χ3v) is 4.53. The van der Waals surface area contributed by atoms with Crippen molar-refractivity contribution in [3.8, 4) is 17.0 Å². The van der Waals surface area contributed by atoms with Crippen molar-refractivity contribution in [3.63, 3.8) is 0 Å². The normalized spacial score (nSPS) is 11.4. The standard InChI is InChI=1S/C23H27FN4O/c1-17-15-26-27-23(17)19-12-20(24)14-22(13-19)29-10-5-3-4-9-28(2)16-18-7-6-8-21(25)11-18/h3-4,6-8,11-15H,5,9-10,16,25H2,1-2H3,(H,26,27)/b4-3+. The second-order valence-electron chi connectivity index (χ2n) is 7.15. The van der Waals surface area contributed by atoms with E-state index in [1.165, 1.54) is 17.7 Å². The smallest absolute Gasteiger partial charge is 0.127 e. The number of aromatic nitrogens is 2. The molecule has 6 heteroatoms. The van der Waals surface area contributed by atoms with E-state index in [2.05, 4.69) is 40.4 Å². The molecule has 29 heavy (non-hydrogen) atoms. The highest BCUT2D eigenvalue weighted by Crippen LogP contribution is 2.26. The molecule has 0 saturated carbocycles. The Labute approximate surface area is 171 Å². The van der Waals surface area contributed by atoms with Gasteiger partial charge in [-0.2, -0.15) is 5.10 Å². The molecule has 2 aromatic carbocycles. The van der Waals surface area contributed by atoms with Crippen molar-refractivity contribution in [2.24, 2.45) is 0 Å². The van der Waals surface area contributed by atoms with Gasteiger partial charge in [-0.3, -0.25) is 10.00 Å². The van der Waals surface area contributed by atoms with Crippen molar-refractivity contribution in [3.05, 3.63) is 77.8 Å². The molecule has 3 aromatic rings. The fourth-order valence-electron chi connectivity index (χ4n) is 3.11. The topological polar surface area (TPSA) is 67.2 Å². The Bertz CT molecular complexity index is 967. The summed E-state index contributed by atoms with van der Waals surface area (Å²) in [5.41, 5.74) is 10.3. The molecule has 1 heterocycles. The predicted octanol–water partition coefficient (Wildman–Crippen LogP) is 4.56. The van der Waals surface area contributed by atoms with Crippen LogP contribution in [0.4, 0.5) is 10.1 Å². The van der Waals surface area contributed by atoms with Crippen molar-refractivity contribution in [1.29, 1.82) is 0 Å². The van der Waals surface area contributed by atoms with E-state index < -0.39 is 0 Å². The number of benzene rings is 2. The Balaban J connectivity index is 1.44. The van der Waals surface area contributed by atoms with Crippen LogP contribution in [0.3, 0.4) is 0 Å². The van der Waals surface area contributed by atoms with Crippen molar-refractivity contribution in [2.75, 3.05) is 25.9 Å². The Morgan fingerprint density at radius 1 is 1.21 bits per heavy atom. The van der Waals surface area contributed by atoms with Crippen LogP contribution in [0.25, 0.3) is 11.3 Å². The molecule has 3 rings (SSSR count). The van der Waals surface area contributed by atoms with Crippen LogP contribution in [0.1, 0.15) is 17.5 Å². The quantitative estimate of drug-likeness (QED) is 0.317. The number of halogens is 1. The number of anilines is 1. The Hall–Kier alpha value is -3.12. The summed E-state index contributed by atoms with van der Waals surface area (Å²) in [5.74, 6) is 0.186. The lowest BCUT2D eigenvalue weighted by molar-refractivity contribution is 0.322. The maximum Gasteiger partial charge on any atom is 0.127 e. The first-order chi connectivity index (χ1) is 14.0. The van der Waals surface area contributed by atoms with Gasteiger partial charge in [0.05, 0.1) is 18.5 Å². The molecule has 0 aliphatic carbocycles. The minimum Gasteiger partial charge on any atom is -0.493 e. The van der Waals surface area contributed by atoms with E-state index >= 15 is 0 Å². The zero-order chi connectivity index (χ0) is 20.6. The highest BCUT2D eigenvalue weighted by atomic mass is 19.1. The lowest BCUT2D eigenvalue weighted by Gasteiger charge is -2.14. The number of rotatable bonds is 9. The third kappa shape index (κ3) is 6.19. The fraction of sp³-hybridized carbons (Fsp3) is 0.261. The summed E-state index contributed by atoms with van der Waals surface area (Å²) in [6.45, 7) is 4.09. The first kappa shape index (κ1) is 20.6. The molecule has 0 saturated heterocycles. The number of hydrogen-bond donors (Lipinski definition) is 2. The average molecular weight is 394 g/mol. The fourth-order valence-corrected chi connectivity index (χ4v) is 3.11. The number of H-pyrrole nitrogens is 1. The first-order valence-corrected chi connectivity index (χ1v) is 9.63. The summed E-state index contributed by atoms with van der Waals surface area (Å²) in [7, 11) is 2.07. The van der Waals surface area contributed by atoms with Gasteiger partial charge in [0, 0.05) is 30.4 Å². The number of ether oxygens (including phenoxy) is 1. The molecular weight excluding hydrogens is 367 g/mol. The molecule has 0 bridgehead atoms. The highest BCUT2D eigenvalue weighted by Gasteiger charge is 2.08. The molecule has 0 unspecified atom stereocenters. The van der Waals surface area contributed by atoms with Crippen LogP contribution in [-0.2, 0) is 6.54 Å². The van der Waals surface area contributed by atoms with Gasteiger partial charge in [0.25, 0.3) is 0 Å². The van der Waals surface area contributed by atoms with Gasteiger partial charge >= 0.3 is 0 Å². The monoisotopic (exact) mass is 394 g/mol. The summed E-state index contributed by atoms with van der Waals surface area (Å²) in [5, 5.41) is 6.89. The number of aromatic amines is 1. The summed E-state index contributed by atoms with van der Waals surface area (Å²) in [6, 6.07) is 12.6. The van der Waals surface area contributed by atoms with E-state index in [0.717, 1.165) is 42.0 Å². The number of aryl methyl sites for hydroxylation is 1. The molecule has 0 amide bonds. The minimum atomic E-state index is -0.329. The summed E-state index contributed by atoms with van der Waals surface area (Å²) in [4.78, 5) is 2.21. The maximum atomic E-state index is 13.9. The Morgan fingerprint density at radius 3 is 2.83 bits per heavy atom. The molecule has 0 spiro atoms. The molecule has 0 aliphatic rings. The Kier molecular flexibility index (Phi) is 7.03. The van der Waals surface area contributed by atoms with Crippen LogP contribution in [0.5, 0.6) is 5.75 Å².